The molecule has 1 aliphatic rings. The number of likely N-dealkylation sites (tertiary alicyclic amines) is 1. The fraction of sp³-hybridized carbons (Fsp3) is 0.333. The molecule has 0 saturated carbocycles. The Kier molecular flexibility index (Phi) is 7.27. The van der Waals surface area contributed by atoms with Crippen molar-refractivity contribution in [3.8, 4) is 0 Å². The lowest BCUT2D eigenvalue weighted by molar-refractivity contribution is -0.119. The van der Waals surface area contributed by atoms with Crippen LogP contribution in [0.5, 0.6) is 0 Å². The van der Waals surface area contributed by atoms with Crippen molar-refractivity contribution < 1.29 is 9.59 Å². The van der Waals surface area contributed by atoms with Crippen molar-refractivity contribution in [2.75, 3.05) is 13.1 Å². The number of amides is 2. The summed E-state index contributed by atoms with van der Waals surface area (Å²) in [6.45, 7) is 2.83. The van der Waals surface area contributed by atoms with Gasteiger partial charge in [0.15, 0.2) is 0 Å². The second-order valence-corrected chi connectivity index (χ2v) is 8.69. The Morgan fingerprint density at radius 3 is 2.61 bits per heavy atom. The summed E-state index contributed by atoms with van der Waals surface area (Å²) >= 11 is 13.9. The molecule has 2 amide bonds. The Hall–Kier alpha value is -1.69. The molecule has 1 saturated heterocycles. The third-order valence-corrected chi connectivity index (χ3v) is 6.45. The van der Waals surface area contributed by atoms with Gasteiger partial charge in [-0.05, 0) is 48.7 Å². The minimum atomic E-state index is -0.0187. The SMILES string of the molecule is CC(=O)NC1CCN(C(=O)c2cccc(CSc3cc(Cl)ccc3Cl)c2)CC1. The highest BCUT2D eigenvalue weighted by Crippen LogP contribution is 2.32. The van der Waals surface area contributed by atoms with Crippen LogP contribution < -0.4 is 5.32 Å². The maximum absolute atomic E-state index is 12.8. The Morgan fingerprint density at radius 1 is 1.14 bits per heavy atom. The summed E-state index contributed by atoms with van der Waals surface area (Å²) in [4.78, 5) is 26.8. The van der Waals surface area contributed by atoms with Crippen molar-refractivity contribution in [3.63, 3.8) is 0 Å². The number of nitrogens with zero attached hydrogens (tertiary/aromatic N) is 1. The number of rotatable bonds is 5. The zero-order valence-electron chi connectivity index (χ0n) is 15.6. The van der Waals surface area contributed by atoms with Gasteiger partial charge in [0.05, 0.1) is 5.02 Å². The fourth-order valence-electron chi connectivity index (χ4n) is 3.24. The first kappa shape index (κ1) is 21.0. The number of carbonyl (C=O) groups excluding carboxylic acids is 2. The average molecular weight is 437 g/mol. The molecule has 0 radical (unpaired) electrons. The van der Waals surface area contributed by atoms with Gasteiger partial charge < -0.3 is 10.2 Å². The van der Waals surface area contributed by atoms with Crippen LogP contribution >= 0.6 is 35.0 Å². The third-order valence-electron chi connectivity index (χ3n) is 4.65. The summed E-state index contributed by atoms with van der Waals surface area (Å²) in [6.07, 6.45) is 1.57. The summed E-state index contributed by atoms with van der Waals surface area (Å²) in [6, 6.07) is 13.3. The van der Waals surface area contributed by atoms with Crippen molar-refractivity contribution in [2.45, 2.75) is 36.5 Å². The molecule has 148 valence electrons. The molecule has 1 N–H and O–H groups in total. The van der Waals surface area contributed by atoms with E-state index in [1.165, 1.54) is 6.92 Å². The van der Waals surface area contributed by atoms with Gasteiger partial charge in [0.2, 0.25) is 5.91 Å². The van der Waals surface area contributed by atoms with Crippen molar-refractivity contribution in [2.24, 2.45) is 0 Å². The fourth-order valence-corrected chi connectivity index (χ4v) is 4.68. The molecule has 1 heterocycles. The molecule has 1 aliphatic heterocycles. The summed E-state index contributed by atoms with van der Waals surface area (Å²) < 4.78 is 0. The maximum Gasteiger partial charge on any atom is 0.253 e. The Bertz CT molecular complexity index is 867. The molecule has 3 rings (SSSR count). The summed E-state index contributed by atoms with van der Waals surface area (Å²) in [5.41, 5.74) is 1.74. The van der Waals surface area contributed by atoms with E-state index in [1.807, 2.05) is 35.2 Å². The number of piperidine rings is 1. The van der Waals surface area contributed by atoms with E-state index in [9.17, 15) is 9.59 Å². The van der Waals surface area contributed by atoms with Crippen LogP contribution in [0.4, 0.5) is 0 Å². The van der Waals surface area contributed by atoms with E-state index < -0.39 is 0 Å². The van der Waals surface area contributed by atoms with Gasteiger partial charge in [-0.1, -0.05) is 35.3 Å². The standard InChI is InChI=1S/C21H22Cl2N2O2S/c1-14(26)24-18-7-9-25(10-8-18)21(27)16-4-2-3-15(11-16)13-28-20-12-17(22)5-6-19(20)23/h2-6,11-12,18H,7-10,13H2,1H3,(H,24,26). The first-order valence-electron chi connectivity index (χ1n) is 9.15. The quantitative estimate of drug-likeness (QED) is 0.668. The predicted molar refractivity (Wildman–Crippen MR) is 115 cm³/mol. The van der Waals surface area contributed by atoms with E-state index in [1.54, 1.807) is 23.9 Å². The highest BCUT2D eigenvalue weighted by atomic mass is 35.5. The van der Waals surface area contributed by atoms with Crippen molar-refractivity contribution in [3.05, 3.63) is 63.6 Å². The van der Waals surface area contributed by atoms with Gasteiger partial charge in [-0.25, -0.2) is 0 Å². The van der Waals surface area contributed by atoms with Gasteiger partial charge in [-0.2, -0.15) is 0 Å². The van der Waals surface area contributed by atoms with Gasteiger partial charge in [-0.3, -0.25) is 9.59 Å². The molecule has 28 heavy (non-hydrogen) atoms. The van der Waals surface area contributed by atoms with Gasteiger partial charge in [-0.15, -0.1) is 11.8 Å². The molecule has 4 nitrogen and oxygen atoms in total. The van der Waals surface area contributed by atoms with E-state index in [4.69, 9.17) is 23.2 Å². The zero-order valence-corrected chi connectivity index (χ0v) is 17.9. The summed E-state index contributed by atoms with van der Waals surface area (Å²) in [5.74, 6) is 0.717. The first-order chi connectivity index (χ1) is 13.4. The second kappa shape index (κ2) is 9.68. The lowest BCUT2D eigenvalue weighted by atomic mass is 10.0. The predicted octanol–water partition coefficient (Wildman–Crippen LogP) is 5.03. The molecule has 1 fully saturated rings. The number of halogens is 2. The van der Waals surface area contributed by atoms with Crippen LogP contribution in [0.3, 0.4) is 0 Å². The lowest BCUT2D eigenvalue weighted by Crippen LogP contribution is -2.46. The zero-order chi connectivity index (χ0) is 20.1. The highest BCUT2D eigenvalue weighted by Gasteiger charge is 2.24. The van der Waals surface area contributed by atoms with Gasteiger partial charge >= 0.3 is 0 Å². The monoisotopic (exact) mass is 436 g/mol. The molecule has 0 bridgehead atoms. The van der Waals surface area contributed by atoms with Crippen molar-refractivity contribution >= 4 is 46.8 Å². The number of carbonyl (C=O) groups is 2. The largest absolute Gasteiger partial charge is 0.353 e. The molecule has 0 atom stereocenters. The number of thioether (sulfide) groups is 1. The number of hydrogen-bond donors (Lipinski definition) is 1. The van der Waals surface area contributed by atoms with Crippen LogP contribution in [0.25, 0.3) is 0 Å². The second-order valence-electron chi connectivity index (χ2n) is 6.83. The normalized spacial score (nSPS) is 14.8. The van der Waals surface area contributed by atoms with Crippen LogP contribution in [-0.4, -0.2) is 35.8 Å². The molecule has 0 unspecified atom stereocenters. The molecule has 0 aliphatic carbocycles. The van der Waals surface area contributed by atoms with E-state index >= 15 is 0 Å². The highest BCUT2D eigenvalue weighted by molar-refractivity contribution is 7.98. The molecular weight excluding hydrogens is 415 g/mol. The molecule has 2 aromatic carbocycles. The number of benzene rings is 2. The molecule has 0 aromatic heterocycles. The van der Waals surface area contributed by atoms with Crippen LogP contribution in [0.2, 0.25) is 10.0 Å². The van der Waals surface area contributed by atoms with Gasteiger partial charge in [0.1, 0.15) is 0 Å². The number of nitrogens with one attached hydrogen (secondary N) is 1. The van der Waals surface area contributed by atoms with Crippen LogP contribution in [0, 0.1) is 0 Å². The van der Waals surface area contributed by atoms with Crippen molar-refractivity contribution in [1.29, 1.82) is 0 Å². The average Bonchev–Trinajstić information content (AvgIpc) is 2.68. The van der Waals surface area contributed by atoms with E-state index in [2.05, 4.69) is 5.32 Å². The summed E-state index contributed by atoms with van der Waals surface area (Å²) in [7, 11) is 0. The van der Waals surface area contributed by atoms with Crippen LogP contribution in [-0.2, 0) is 10.5 Å². The van der Waals surface area contributed by atoms with Gasteiger partial charge in [0.25, 0.3) is 5.91 Å². The maximum atomic E-state index is 12.8. The topological polar surface area (TPSA) is 49.4 Å². The first-order valence-corrected chi connectivity index (χ1v) is 10.9. The molecular formula is C21H22Cl2N2O2S. The smallest absolute Gasteiger partial charge is 0.253 e. The van der Waals surface area contributed by atoms with Gasteiger partial charge in [0, 0.05) is 47.3 Å². The Labute approximate surface area is 179 Å². The van der Waals surface area contributed by atoms with E-state index in [0.29, 0.717) is 34.5 Å². The Balaban J connectivity index is 1.60. The molecule has 0 spiro atoms. The lowest BCUT2D eigenvalue weighted by Gasteiger charge is -2.32. The summed E-state index contributed by atoms with van der Waals surface area (Å²) in [5, 5.41) is 4.25. The van der Waals surface area contributed by atoms with Crippen LogP contribution in [0.15, 0.2) is 47.4 Å². The molecule has 2 aromatic rings. The molecule has 7 heteroatoms. The van der Waals surface area contributed by atoms with Crippen LogP contribution in [0.1, 0.15) is 35.7 Å². The van der Waals surface area contributed by atoms with E-state index in [-0.39, 0.29) is 17.9 Å². The number of hydrogen-bond acceptors (Lipinski definition) is 3. The van der Waals surface area contributed by atoms with Crippen molar-refractivity contribution in [1.82, 2.24) is 10.2 Å². The minimum absolute atomic E-state index is 0.0187. The minimum Gasteiger partial charge on any atom is -0.353 e. The third kappa shape index (κ3) is 5.66. The van der Waals surface area contributed by atoms with E-state index in [0.717, 1.165) is 23.3 Å². The Morgan fingerprint density at radius 2 is 1.89 bits per heavy atom.